The van der Waals surface area contributed by atoms with E-state index < -0.39 is 0 Å². The molecule has 0 bridgehead atoms. The molecule has 0 spiro atoms. The van der Waals surface area contributed by atoms with Gasteiger partial charge in [-0.3, -0.25) is 9.69 Å². The third kappa shape index (κ3) is 3.94. The fourth-order valence-electron chi connectivity index (χ4n) is 4.00. The maximum absolute atomic E-state index is 12.3. The van der Waals surface area contributed by atoms with Crippen LogP contribution in [0.25, 0.3) is 11.1 Å². The first-order chi connectivity index (χ1) is 15.3. The zero-order valence-corrected chi connectivity index (χ0v) is 19.2. The number of para-hydroxylation sites is 1. The highest BCUT2D eigenvalue weighted by Crippen LogP contribution is 2.40. The summed E-state index contributed by atoms with van der Waals surface area (Å²) >= 11 is 0. The molecule has 0 fully saturated rings. The summed E-state index contributed by atoms with van der Waals surface area (Å²) in [6.07, 6.45) is 5.86. The number of anilines is 1. The lowest BCUT2D eigenvalue weighted by Gasteiger charge is -2.19. The molecule has 2 aromatic carbocycles. The number of pyridine rings is 1. The van der Waals surface area contributed by atoms with Gasteiger partial charge in [0.1, 0.15) is 5.75 Å². The van der Waals surface area contributed by atoms with Gasteiger partial charge >= 0.3 is 5.82 Å². The third-order valence-electron chi connectivity index (χ3n) is 5.93. The second-order valence-electron chi connectivity index (χ2n) is 8.47. The molecule has 1 aliphatic heterocycles. The fourth-order valence-corrected chi connectivity index (χ4v) is 4.00. The minimum Gasteiger partial charge on any atom is -0.497 e. The molecule has 0 aliphatic carbocycles. The highest BCUT2D eigenvalue weighted by molar-refractivity contribution is 6.08. The number of hydrogen-bond donors (Lipinski definition) is 0. The van der Waals surface area contributed by atoms with Crippen LogP contribution in [0.4, 0.5) is 11.5 Å². The summed E-state index contributed by atoms with van der Waals surface area (Å²) in [6, 6.07) is 19.9. The first-order valence-corrected chi connectivity index (χ1v) is 10.6. The second kappa shape index (κ2) is 8.42. The minimum atomic E-state index is -0.300. The van der Waals surface area contributed by atoms with Crippen molar-refractivity contribution in [3.63, 3.8) is 0 Å². The van der Waals surface area contributed by atoms with Crippen LogP contribution in [0.5, 0.6) is 5.75 Å². The number of aromatic nitrogens is 1. The average molecular weight is 427 g/mol. The SMILES string of the molecule is COc1ccc(-c2cc3c([n+](C)c2)N=C(C=CN(C(C)=O)c2ccccc2)C3(C)C)cc1. The second-order valence-corrected chi connectivity index (χ2v) is 8.47. The standard InChI is InChI=1S/C27H28N3O2/c1-19(31)30(22-9-7-6-8-10-22)16-15-25-27(2,3)24-17-21(18-29(4)26(24)28-25)20-11-13-23(32-5)14-12-20/h6-18H,1-5H3/q+1. The molecule has 0 radical (unpaired) electrons. The van der Waals surface area contributed by atoms with Crippen LogP contribution in [-0.2, 0) is 17.3 Å². The van der Waals surface area contributed by atoms with Crippen LogP contribution >= 0.6 is 0 Å². The van der Waals surface area contributed by atoms with E-state index >= 15 is 0 Å². The van der Waals surface area contributed by atoms with Gasteiger partial charge in [-0.2, -0.15) is 0 Å². The Morgan fingerprint density at radius 1 is 1.06 bits per heavy atom. The lowest BCUT2D eigenvalue weighted by molar-refractivity contribution is -0.658. The van der Waals surface area contributed by atoms with Crippen molar-refractivity contribution >= 4 is 23.1 Å². The molecular weight excluding hydrogens is 398 g/mol. The average Bonchev–Trinajstić information content (AvgIpc) is 3.05. The normalized spacial score (nSPS) is 14.2. The van der Waals surface area contributed by atoms with Crippen LogP contribution in [0.3, 0.4) is 0 Å². The molecule has 0 saturated carbocycles. The first-order valence-electron chi connectivity index (χ1n) is 10.6. The van der Waals surface area contributed by atoms with Gasteiger partial charge in [0.25, 0.3) is 0 Å². The Kier molecular flexibility index (Phi) is 5.66. The molecule has 3 aromatic rings. The van der Waals surface area contributed by atoms with E-state index in [9.17, 15) is 4.79 Å². The number of nitrogens with zero attached hydrogens (tertiary/aromatic N) is 3. The van der Waals surface area contributed by atoms with E-state index in [1.807, 2.05) is 61.8 Å². The van der Waals surface area contributed by atoms with E-state index in [-0.39, 0.29) is 11.3 Å². The number of methoxy groups -OCH3 is 1. The Hall–Kier alpha value is -3.73. The molecule has 0 saturated heterocycles. The monoisotopic (exact) mass is 426 g/mol. The molecule has 0 N–H and O–H groups in total. The number of ether oxygens (including phenoxy) is 1. The van der Waals surface area contributed by atoms with Crippen molar-refractivity contribution in [2.45, 2.75) is 26.2 Å². The number of allylic oxidation sites excluding steroid dienone is 1. The lowest BCUT2D eigenvalue weighted by atomic mass is 9.81. The van der Waals surface area contributed by atoms with Gasteiger partial charge in [0.15, 0.2) is 5.71 Å². The van der Waals surface area contributed by atoms with Gasteiger partial charge in [-0.25, -0.2) is 4.57 Å². The topological polar surface area (TPSA) is 45.8 Å². The van der Waals surface area contributed by atoms with E-state index in [4.69, 9.17) is 9.73 Å². The number of amides is 1. The van der Waals surface area contributed by atoms with E-state index in [1.165, 1.54) is 0 Å². The quantitative estimate of drug-likeness (QED) is 0.532. The Morgan fingerprint density at radius 3 is 2.38 bits per heavy atom. The molecule has 0 unspecified atom stereocenters. The largest absolute Gasteiger partial charge is 0.497 e. The van der Waals surface area contributed by atoms with Crippen LogP contribution in [0.2, 0.25) is 0 Å². The van der Waals surface area contributed by atoms with Crippen LogP contribution in [0.1, 0.15) is 26.3 Å². The maximum atomic E-state index is 12.3. The van der Waals surface area contributed by atoms with Crippen molar-refractivity contribution < 1.29 is 14.1 Å². The molecule has 1 amide bonds. The zero-order chi connectivity index (χ0) is 22.9. The van der Waals surface area contributed by atoms with Crippen molar-refractivity contribution in [1.29, 1.82) is 0 Å². The Labute approximate surface area is 189 Å². The Bertz CT molecular complexity index is 1210. The Balaban J connectivity index is 1.68. The van der Waals surface area contributed by atoms with Crippen molar-refractivity contribution in [2.24, 2.45) is 12.0 Å². The summed E-state index contributed by atoms with van der Waals surface area (Å²) in [6.45, 7) is 5.90. The predicted octanol–water partition coefficient (Wildman–Crippen LogP) is 5.12. The van der Waals surface area contributed by atoms with Crippen LogP contribution in [0, 0.1) is 0 Å². The number of benzene rings is 2. The van der Waals surface area contributed by atoms with Gasteiger partial charge in [-0.1, -0.05) is 30.3 Å². The lowest BCUT2D eigenvalue weighted by Crippen LogP contribution is -2.31. The van der Waals surface area contributed by atoms with Gasteiger partial charge < -0.3 is 4.74 Å². The zero-order valence-electron chi connectivity index (χ0n) is 19.2. The smallest absolute Gasteiger partial charge is 0.327 e. The van der Waals surface area contributed by atoms with Crippen molar-refractivity contribution in [1.82, 2.24) is 0 Å². The first kappa shape index (κ1) is 21.5. The van der Waals surface area contributed by atoms with Crippen molar-refractivity contribution in [2.75, 3.05) is 12.0 Å². The van der Waals surface area contributed by atoms with E-state index in [0.717, 1.165) is 39.7 Å². The summed E-state index contributed by atoms with van der Waals surface area (Å²) in [7, 11) is 3.69. The van der Waals surface area contributed by atoms with Crippen molar-refractivity contribution in [3.05, 3.63) is 84.7 Å². The molecule has 0 atom stereocenters. The molecule has 32 heavy (non-hydrogen) atoms. The third-order valence-corrected chi connectivity index (χ3v) is 5.93. The molecule has 2 heterocycles. The molecule has 1 aromatic heterocycles. The summed E-state index contributed by atoms with van der Waals surface area (Å²) in [5.74, 6) is 1.72. The maximum Gasteiger partial charge on any atom is 0.327 e. The van der Waals surface area contributed by atoms with Gasteiger partial charge in [0.05, 0.1) is 31.3 Å². The fraction of sp³-hybridized carbons (Fsp3) is 0.222. The predicted molar refractivity (Wildman–Crippen MR) is 128 cm³/mol. The number of rotatable bonds is 5. The van der Waals surface area contributed by atoms with Crippen LogP contribution in [0.15, 0.2) is 84.1 Å². The van der Waals surface area contributed by atoms with Gasteiger partial charge in [-0.15, -0.1) is 0 Å². The highest BCUT2D eigenvalue weighted by Gasteiger charge is 2.42. The van der Waals surface area contributed by atoms with Gasteiger partial charge in [0.2, 0.25) is 5.91 Å². The molecule has 5 heteroatoms. The van der Waals surface area contributed by atoms with Crippen LogP contribution in [-0.4, -0.2) is 18.7 Å². The molecular formula is C27H28N3O2+. The number of carbonyl (C=O) groups is 1. The van der Waals surface area contributed by atoms with Gasteiger partial charge in [-0.05, 0) is 54.7 Å². The molecule has 162 valence electrons. The van der Waals surface area contributed by atoms with E-state index in [0.29, 0.717) is 0 Å². The number of fused-ring (bicyclic) bond motifs is 1. The molecule has 5 nitrogen and oxygen atoms in total. The summed E-state index contributed by atoms with van der Waals surface area (Å²) in [4.78, 5) is 18.8. The number of aliphatic imine (C=N–C) groups is 1. The highest BCUT2D eigenvalue weighted by atomic mass is 16.5. The molecule has 1 aliphatic rings. The van der Waals surface area contributed by atoms with E-state index in [1.54, 1.807) is 18.9 Å². The minimum absolute atomic E-state index is 0.0475. The Morgan fingerprint density at radius 2 is 1.75 bits per heavy atom. The number of hydrogen-bond acceptors (Lipinski definition) is 3. The van der Waals surface area contributed by atoms with Crippen molar-refractivity contribution in [3.8, 4) is 16.9 Å². The number of carbonyl (C=O) groups excluding carboxylic acids is 1. The van der Waals surface area contributed by atoms with Crippen LogP contribution < -0.4 is 14.2 Å². The van der Waals surface area contributed by atoms with E-state index in [2.05, 4.69) is 42.8 Å². The summed E-state index contributed by atoms with van der Waals surface area (Å²) < 4.78 is 7.35. The molecule has 4 rings (SSSR count). The summed E-state index contributed by atoms with van der Waals surface area (Å²) in [5, 5.41) is 0. The summed E-state index contributed by atoms with van der Waals surface area (Å²) in [5.41, 5.74) is 4.84. The van der Waals surface area contributed by atoms with Gasteiger partial charge in [0, 0.05) is 30.5 Å². The number of aryl methyl sites for hydroxylation is 1.